The highest BCUT2D eigenvalue weighted by atomic mass is 16.6. The number of carbonyl (C=O) groups excluding carboxylic acids is 4. The quantitative estimate of drug-likeness (QED) is 0.117. The lowest BCUT2D eigenvalue weighted by Gasteiger charge is -2.43. The topological polar surface area (TPSA) is 253 Å². The summed E-state index contributed by atoms with van der Waals surface area (Å²) in [6, 6.07) is -3.63. The Balaban J connectivity index is 2.96. The molecule has 10 N–H and O–H groups in total. The van der Waals surface area contributed by atoms with Gasteiger partial charge in [-0.15, -0.1) is 0 Å². The minimum atomic E-state index is -1.57. The van der Waals surface area contributed by atoms with Crippen LogP contribution in [-0.4, -0.2) is 100 Å². The van der Waals surface area contributed by atoms with Crippen LogP contribution in [-0.2, 0) is 33.4 Å². The molecule has 4 amide bonds. The third kappa shape index (κ3) is 8.98. The first-order chi connectivity index (χ1) is 16.7. The van der Waals surface area contributed by atoms with Crippen molar-refractivity contribution in [3.8, 4) is 0 Å². The average molecular weight is 520 g/mol. The van der Waals surface area contributed by atoms with Gasteiger partial charge in [-0.1, -0.05) is 13.8 Å². The number of carbonyl (C=O) groups is 5. The predicted molar refractivity (Wildman–Crippen MR) is 123 cm³/mol. The van der Waals surface area contributed by atoms with Crippen LogP contribution in [0.4, 0.5) is 0 Å². The second-order valence-electron chi connectivity index (χ2n) is 8.89. The van der Waals surface area contributed by atoms with E-state index < -0.39 is 90.8 Å². The molecule has 1 fully saturated rings. The Hall–Kier alpha value is -2.85. The molecule has 0 saturated carbocycles. The molecule has 1 aliphatic heterocycles. The highest BCUT2D eigenvalue weighted by Gasteiger charge is 2.46. The summed E-state index contributed by atoms with van der Waals surface area (Å²) >= 11 is 0. The van der Waals surface area contributed by atoms with Gasteiger partial charge in [-0.2, -0.15) is 0 Å². The molecule has 36 heavy (non-hydrogen) atoms. The number of nitrogens with two attached hydrogens (primary N) is 2. The van der Waals surface area contributed by atoms with Gasteiger partial charge in [-0.3, -0.25) is 24.0 Å². The maximum absolute atomic E-state index is 12.9. The molecule has 0 unspecified atom stereocenters. The number of aliphatic hydroxyl groups excluding tert-OH is 2. The largest absolute Gasteiger partial charge is 0.481 e. The highest BCUT2D eigenvalue weighted by Crippen LogP contribution is 2.23. The van der Waals surface area contributed by atoms with E-state index in [1.54, 1.807) is 13.8 Å². The second-order valence-corrected chi connectivity index (χ2v) is 8.89. The van der Waals surface area contributed by atoms with Crippen molar-refractivity contribution in [1.82, 2.24) is 16.0 Å². The maximum Gasteiger partial charge on any atom is 0.303 e. The Morgan fingerprint density at radius 3 is 2.14 bits per heavy atom. The zero-order valence-electron chi connectivity index (χ0n) is 20.7. The van der Waals surface area contributed by atoms with E-state index in [-0.39, 0.29) is 13.0 Å². The monoisotopic (exact) mass is 519 g/mol. The summed E-state index contributed by atoms with van der Waals surface area (Å²) in [5.41, 5.74) is 10.8. The van der Waals surface area contributed by atoms with Gasteiger partial charge < -0.3 is 52.2 Å². The van der Waals surface area contributed by atoms with Crippen LogP contribution >= 0.6 is 0 Å². The van der Waals surface area contributed by atoms with Gasteiger partial charge in [-0.25, -0.2) is 0 Å². The number of aliphatic hydroxyl groups is 2. The number of nitrogens with one attached hydrogen (secondary N) is 3. The van der Waals surface area contributed by atoms with E-state index in [0.717, 1.165) is 0 Å². The smallest absolute Gasteiger partial charge is 0.303 e. The number of rotatable bonds is 13. The van der Waals surface area contributed by atoms with Gasteiger partial charge in [0, 0.05) is 19.9 Å². The van der Waals surface area contributed by atoms with E-state index in [4.69, 9.17) is 26.0 Å². The summed E-state index contributed by atoms with van der Waals surface area (Å²) in [7, 11) is 0. The van der Waals surface area contributed by atoms with Crippen LogP contribution < -0.4 is 27.4 Å². The first-order valence-corrected chi connectivity index (χ1v) is 11.5. The van der Waals surface area contributed by atoms with Crippen LogP contribution in [0.25, 0.3) is 0 Å². The summed E-state index contributed by atoms with van der Waals surface area (Å²) in [6.07, 6.45) is -7.21. The van der Waals surface area contributed by atoms with Gasteiger partial charge in [0.05, 0.1) is 0 Å². The van der Waals surface area contributed by atoms with E-state index in [1.807, 2.05) is 0 Å². The SMILES string of the molecule is CC(=O)N[C@@H]1[C@@H](O[C@H](C)C(=O)N[C@H](C(=O)N[C@H](CCC(=O)O)C(N)=O)C(C)C)[C@H](O)[C@@H](CN)O[C@H]1O. The normalized spacial score (nSPS) is 26.4. The number of ether oxygens (including phenoxy) is 2. The fourth-order valence-electron chi connectivity index (χ4n) is 3.60. The Morgan fingerprint density at radius 2 is 1.67 bits per heavy atom. The van der Waals surface area contributed by atoms with Crippen molar-refractivity contribution < 1.29 is 48.8 Å². The van der Waals surface area contributed by atoms with Crippen LogP contribution in [0.2, 0.25) is 0 Å². The first-order valence-electron chi connectivity index (χ1n) is 11.5. The number of primary amides is 1. The lowest BCUT2D eigenvalue weighted by Crippen LogP contribution is -2.66. The van der Waals surface area contributed by atoms with Crippen molar-refractivity contribution in [2.24, 2.45) is 17.4 Å². The molecule has 0 aromatic heterocycles. The molecular formula is C21H37N5O10. The van der Waals surface area contributed by atoms with Crippen molar-refractivity contribution in [2.45, 2.75) is 89.4 Å². The molecule has 0 spiro atoms. The van der Waals surface area contributed by atoms with Crippen LogP contribution in [0.5, 0.6) is 0 Å². The van der Waals surface area contributed by atoms with Gasteiger partial charge >= 0.3 is 5.97 Å². The van der Waals surface area contributed by atoms with Gasteiger partial charge in [0.25, 0.3) is 0 Å². The fourth-order valence-corrected chi connectivity index (χ4v) is 3.60. The molecule has 1 aliphatic rings. The van der Waals surface area contributed by atoms with E-state index in [0.29, 0.717) is 0 Å². The number of amides is 4. The molecular weight excluding hydrogens is 482 g/mol. The molecule has 206 valence electrons. The Labute approximate surface area is 208 Å². The van der Waals surface area contributed by atoms with Crippen LogP contribution in [0.15, 0.2) is 0 Å². The number of carboxylic acids is 1. The van der Waals surface area contributed by atoms with Gasteiger partial charge in [0.15, 0.2) is 6.29 Å². The average Bonchev–Trinajstić information content (AvgIpc) is 2.77. The molecule has 0 aliphatic carbocycles. The third-order valence-corrected chi connectivity index (χ3v) is 5.58. The van der Waals surface area contributed by atoms with Gasteiger partial charge in [-0.05, 0) is 19.3 Å². The minimum absolute atomic E-state index is 0.177. The molecule has 0 bridgehead atoms. The predicted octanol–water partition coefficient (Wildman–Crippen LogP) is -3.72. The maximum atomic E-state index is 12.9. The zero-order chi connectivity index (χ0) is 27.7. The van der Waals surface area contributed by atoms with Crippen LogP contribution in [0, 0.1) is 5.92 Å². The summed E-state index contributed by atoms with van der Waals surface area (Å²) in [6.45, 7) is 5.60. The number of aliphatic carboxylic acids is 1. The van der Waals surface area contributed by atoms with E-state index in [1.165, 1.54) is 13.8 Å². The van der Waals surface area contributed by atoms with Crippen molar-refractivity contribution in [3.63, 3.8) is 0 Å². The van der Waals surface area contributed by atoms with E-state index in [9.17, 15) is 34.2 Å². The van der Waals surface area contributed by atoms with Crippen LogP contribution in [0.1, 0.15) is 40.5 Å². The minimum Gasteiger partial charge on any atom is -0.481 e. The highest BCUT2D eigenvalue weighted by molar-refractivity contribution is 5.92. The third-order valence-electron chi connectivity index (χ3n) is 5.58. The number of hydrogen-bond donors (Lipinski definition) is 8. The lowest BCUT2D eigenvalue weighted by atomic mass is 9.96. The Bertz CT molecular complexity index is 810. The van der Waals surface area contributed by atoms with Crippen molar-refractivity contribution >= 4 is 29.6 Å². The molecule has 1 rings (SSSR count). The molecule has 0 aromatic carbocycles. The van der Waals surface area contributed by atoms with Gasteiger partial charge in [0.2, 0.25) is 23.6 Å². The molecule has 1 saturated heterocycles. The Kier molecular flexibility index (Phi) is 12.2. The Morgan fingerprint density at radius 1 is 1.06 bits per heavy atom. The van der Waals surface area contributed by atoms with Gasteiger partial charge in [0.1, 0.15) is 42.5 Å². The lowest BCUT2D eigenvalue weighted by molar-refractivity contribution is -0.258. The summed E-state index contributed by atoms with van der Waals surface area (Å²) < 4.78 is 10.9. The molecule has 0 aromatic rings. The molecule has 0 radical (unpaired) electrons. The molecule has 15 heteroatoms. The fraction of sp³-hybridized carbons (Fsp3) is 0.762. The molecule has 1 heterocycles. The summed E-state index contributed by atoms with van der Waals surface area (Å²) in [4.78, 5) is 59.6. The van der Waals surface area contributed by atoms with E-state index >= 15 is 0 Å². The summed E-state index contributed by atoms with van der Waals surface area (Å²) in [5, 5.41) is 36.9. The standard InChI is InChI=1S/C21H37N5O10/c1-8(2)14(20(33)25-11(18(23)31)5-6-13(28)29)26-19(32)9(3)35-17-15(24-10(4)27)21(34)36-12(7-22)16(17)30/h8-9,11-12,14-17,21,30,34H,5-7,22H2,1-4H3,(H2,23,31)(H,24,27)(H,25,33)(H,26,32)(H,28,29)/t9-,11-,12-,14+,15-,16-,17-,21-/m1/s1. The second kappa shape index (κ2) is 14.0. The molecule has 15 nitrogen and oxygen atoms in total. The molecule has 8 atom stereocenters. The summed E-state index contributed by atoms with van der Waals surface area (Å²) in [5.74, 6) is -4.65. The number of hydrogen-bond acceptors (Lipinski definition) is 10. The van der Waals surface area contributed by atoms with Crippen LogP contribution in [0.3, 0.4) is 0 Å². The van der Waals surface area contributed by atoms with Crippen molar-refractivity contribution in [3.05, 3.63) is 0 Å². The van der Waals surface area contributed by atoms with Crippen molar-refractivity contribution in [2.75, 3.05) is 6.54 Å². The van der Waals surface area contributed by atoms with E-state index in [2.05, 4.69) is 16.0 Å². The van der Waals surface area contributed by atoms with Crippen molar-refractivity contribution in [1.29, 1.82) is 0 Å². The first kappa shape index (κ1) is 31.2. The number of carboxylic acid groups (broad SMARTS) is 1. The zero-order valence-corrected chi connectivity index (χ0v) is 20.7.